The van der Waals surface area contributed by atoms with Crippen molar-refractivity contribution < 1.29 is 0 Å². The lowest BCUT2D eigenvalue weighted by Gasteiger charge is -2.05. The van der Waals surface area contributed by atoms with Gasteiger partial charge in [-0.2, -0.15) is 19.3 Å². The Balaban J connectivity index is 2.36. The van der Waals surface area contributed by atoms with E-state index in [1.807, 2.05) is 19.1 Å². The highest BCUT2D eigenvalue weighted by atomic mass is 79.9. The van der Waals surface area contributed by atoms with E-state index in [2.05, 4.69) is 36.1 Å². The summed E-state index contributed by atoms with van der Waals surface area (Å²) in [6.07, 6.45) is 1.49. The molecule has 7 nitrogen and oxygen atoms in total. The predicted molar refractivity (Wildman–Crippen MR) is 64.8 cm³/mol. The maximum absolute atomic E-state index is 5.56. The van der Waals surface area contributed by atoms with Crippen molar-refractivity contribution in [3.05, 3.63) is 28.8 Å². The van der Waals surface area contributed by atoms with Crippen molar-refractivity contribution in [2.75, 3.05) is 5.73 Å². The van der Waals surface area contributed by atoms with Gasteiger partial charge in [0.05, 0.1) is 0 Å². The molecule has 3 aromatic heterocycles. The molecule has 3 rings (SSSR count). The summed E-state index contributed by atoms with van der Waals surface area (Å²) in [5.41, 5.74) is 7.36. The van der Waals surface area contributed by atoms with E-state index in [0.29, 0.717) is 4.73 Å². The number of fused-ring (bicyclic) bond motifs is 1. The van der Waals surface area contributed by atoms with Crippen molar-refractivity contribution in [2.45, 2.75) is 6.92 Å². The molecule has 0 aliphatic rings. The van der Waals surface area contributed by atoms with Crippen LogP contribution in [-0.4, -0.2) is 29.4 Å². The molecule has 3 heterocycles. The van der Waals surface area contributed by atoms with Crippen LogP contribution in [0.5, 0.6) is 0 Å². The van der Waals surface area contributed by atoms with Gasteiger partial charge in [-0.15, -0.1) is 5.10 Å². The van der Waals surface area contributed by atoms with E-state index in [4.69, 9.17) is 5.73 Å². The SMILES string of the molecule is Cc1cc(-n2nc(N)nc2Br)n2ncnc2c1. The van der Waals surface area contributed by atoms with Crippen LogP contribution in [0.1, 0.15) is 5.56 Å². The van der Waals surface area contributed by atoms with Crippen molar-refractivity contribution in [1.29, 1.82) is 0 Å². The summed E-state index contributed by atoms with van der Waals surface area (Å²) < 4.78 is 3.77. The number of halogens is 1. The number of hydrogen-bond acceptors (Lipinski definition) is 5. The van der Waals surface area contributed by atoms with Crippen LogP contribution in [-0.2, 0) is 0 Å². The zero-order valence-electron chi connectivity index (χ0n) is 8.87. The lowest BCUT2D eigenvalue weighted by molar-refractivity contribution is 0.773. The van der Waals surface area contributed by atoms with Crippen LogP contribution in [0, 0.1) is 6.92 Å². The Morgan fingerprint density at radius 1 is 1.35 bits per heavy atom. The van der Waals surface area contributed by atoms with Crippen molar-refractivity contribution in [3.63, 3.8) is 0 Å². The van der Waals surface area contributed by atoms with Gasteiger partial charge in [0, 0.05) is 0 Å². The standard InChI is InChI=1S/C9H8BrN7/c1-5-2-6-12-4-13-16(6)7(3-5)17-8(10)14-9(11)15-17/h2-4H,1H3,(H2,11,15). The van der Waals surface area contributed by atoms with E-state index >= 15 is 0 Å². The van der Waals surface area contributed by atoms with Gasteiger partial charge in [0.15, 0.2) is 11.5 Å². The van der Waals surface area contributed by atoms with Crippen LogP contribution >= 0.6 is 15.9 Å². The first-order chi connectivity index (χ1) is 8.15. The molecule has 0 atom stereocenters. The van der Waals surface area contributed by atoms with Gasteiger partial charge in [-0.05, 0) is 40.5 Å². The first-order valence-electron chi connectivity index (χ1n) is 4.84. The number of nitrogens with zero attached hydrogens (tertiary/aromatic N) is 6. The smallest absolute Gasteiger partial charge is 0.240 e. The summed E-state index contributed by atoms with van der Waals surface area (Å²) in [6, 6.07) is 3.87. The molecule has 0 saturated carbocycles. The van der Waals surface area contributed by atoms with Gasteiger partial charge in [0.2, 0.25) is 10.7 Å². The van der Waals surface area contributed by atoms with Crippen LogP contribution in [0.25, 0.3) is 11.5 Å². The van der Waals surface area contributed by atoms with Crippen molar-refractivity contribution in [2.24, 2.45) is 0 Å². The number of anilines is 1. The van der Waals surface area contributed by atoms with Gasteiger partial charge < -0.3 is 5.73 Å². The third kappa shape index (κ3) is 1.57. The quantitative estimate of drug-likeness (QED) is 0.722. The molecule has 0 amide bonds. The van der Waals surface area contributed by atoms with E-state index in [0.717, 1.165) is 17.0 Å². The summed E-state index contributed by atoms with van der Waals surface area (Å²) in [4.78, 5) is 8.14. The van der Waals surface area contributed by atoms with Gasteiger partial charge in [-0.1, -0.05) is 0 Å². The first kappa shape index (κ1) is 10.2. The Kier molecular flexibility index (Phi) is 2.11. The molecule has 3 aromatic rings. The van der Waals surface area contributed by atoms with Gasteiger partial charge >= 0.3 is 0 Å². The molecule has 0 bridgehead atoms. The summed E-state index contributed by atoms with van der Waals surface area (Å²) in [7, 11) is 0. The van der Waals surface area contributed by atoms with Gasteiger partial charge in [0.1, 0.15) is 6.33 Å². The van der Waals surface area contributed by atoms with Crippen molar-refractivity contribution >= 4 is 27.5 Å². The highest BCUT2D eigenvalue weighted by molar-refractivity contribution is 9.10. The Hall–Kier alpha value is -1.96. The fourth-order valence-corrected chi connectivity index (χ4v) is 2.08. The zero-order chi connectivity index (χ0) is 12.0. The number of hydrogen-bond donors (Lipinski definition) is 1. The van der Waals surface area contributed by atoms with Crippen molar-refractivity contribution in [1.82, 2.24) is 29.4 Å². The molecular formula is C9H8BrN7. The molecule has 8 heteroatoms. The highest BCUT2D eigenvalue weighted by Crippen LogP contribution is 2.17. The van der Waals surface area contributed by atoms with Crippen LogP contribution < -0.4 is 5.73 Å². The summed E-state index contributed by atoms with van der Waals surface area (Å²) in [5, 5.41) is 8.24. The second-order valence-corrected chi connectivity index (χ2v) is 4.28. The fraction of sp³-hybridized carbons (Fsp3) is 0.111. The fourth-order valence-electron chi connectivity index (χ4n) is 1.64. The summed E-state index contributed by atoms with van der Waals surface area (Å²) in [5.74, 6) is 0.931. The molecule has 0 aromatic carbocycles. The minimum atomic E-state index is 0.201. The van der Waals surface area contributed by atoms with Crippen LogP contribution in [0.2, 0.25) is 0 Å². The molecule has 86 valence electrons. The predicted octanol–water partition coefficient (Wildman–Crippen LogP) is 0.963. The van der Waals surface area contributed by atoms with E-state index in [1.54, 1.807) is 9.20 Å². The van der Waals surface area contributed by atoms with Crippen LogP contribution in [0.4, 0.5) is 5.95 Å². The lowest BCUT2D eigenvalue weighted by atomic mass is 10.3. The minimum Gasteiger partial charge on any atom is -0.366 e. The zero-order valence-corrected chi connectivity index (χ0v) is 10.5. The van der Waals surface area contributed by atoms with Crippen LogP contribution in [0.3, 0.4) is 0 Å². The topological polar surface area (TPSA) is 86.9 Å². The Labute approximate surface area is 104 Å². The van der Waals surface area contributed by atoms with Crippen LogP contribution in [0.15, 0.2) is 23.2 Å². The molecule has 0 aliphatic heterocycles. The molecule has 0 radical (unpaired) electrons. The number of nitrogens with two attached hydrogens (primary N) is 1. The Bertz CT molecular complexity index is 699. The molecule has 0 spiro atoms. The third-order valence-electron chi connectivity index (χ3n) is 2.31. The largest absolute Gasteiger partial charge is 0.366 e. The maximum Gasteiger partial charge on any atom is 0.240 e. The molecule has 2 N–H and O–H groups in total. The first-order valence-corrected chi connectivity index (χ1v) is 5.63. The summed E-state index contributed by atoms with van der Waals surface area (Å²) >= 11 is 3.30. The Morgan fingerprint density at radius 3 is 2.88 bits per heavy atom. The minimum absolute atomic E-state index is 0.201. The van der Waals surface area contributed by atoms with Gasteiger partial charge in [0.25, 0.3) is 0 Å². The molecule has 0 fully saturated rings. The second kappa shape index (κ2) is 3.52. The molecular weight excluding hydrogens is 286 g/mol. The average molecular weight is 294 g/mol. The highest BCUT2D eigenvalue weighted by Gasteiger charge is 2.12. The molecule has 17 heavy (non-hydrogen) atoms. The van der Waals surface area contributed by atoms with Gasteiger partial charge in [-0.3, -0.25) is 0 Å². The maximum atomic E-state index is 5.56. The van der Waals surface area contributed by atoms with E-state index in [1.165, 1.54) is 6.33 Å². The lowest BCUT2D eigenvalue weighted by Crippen LogP contribution is -2.06. The number of aryl methyl sites for hydroxylation is 1. The third-order valence-corrected chi connectivity index (χ3v) is 2.82. The van der Waals surface area contributed by atoms with Crippen molar-refractivity contribution in [3.8, 4) is 5.82 Å². The van der Waals surface area contributed by atoms with Gasteiger partial charge in [-0.25, -0.2) is 4.98 Å². The monoisotopic (exact) mass is 293 g/mol. The normalized spacial score (nSPS) is 11.2. The number of aromatic nitrogens is 6. The Morgan fingerprint density at radius 2 is 2.18 bits per heavy atom. The molecule has 0 unspecified atom stereocenters. The molecule has 0 saturated heterocycles. The van der Waals surface area contributed by atoms with E-state index < -0.39 is 0 Å². The van der Waals surface area contributed by atoms with E-state index in [-0.39, 0.29) is 5.95 Å². The second-order valence-electron chi connectivity index (χ2n) is 3.57. The average Bonchev–Trinajstić information content (AvgIpc) is 2.83. The van der Waals surface area contributed by atoms with E-state index in [9.17, 15) is 0 Å². The number of rotatable bonds is 1. The number of pyridine rings is 1. The summed E-state index contributed by atoms with van der Waals surface area (Å²) in [6.45, 7) is 1.98. The number of nitrogen functional groups attached to an aromatic ring is 1. The molecule has 0 aliphatic carbocycles.